The smallest absolute Gasteiger partial charge is 0.433 e. The van der Waals surface area contributed by atoms with Gasteiger partial charge in [0.05, 0.1) is 11.4 Å². The van der Waals surface area contributed by atoms with Gasteiger partial charge < -0.3 is 9.64 Å². The molecule has 0 saturated carbocycles. The van der Waals surface area contributed by atoms with E-state index in [1.54, 1.807) is 0 Å². The zero-order valence-corrected chi connectivity index (χ0v) is 18.5. The monoisotopic (exact) mass is 484 g/mol. The van der Waals surface area contributed by atoms with Gasteiger partial charge in [0.25, 0.3) is 5.91 Å². The Bertz CT molecular complexity index is 1100. The zero-order valence-electron chi connectivity index (χ0n) is 17.7. The van der Waals surface area contributed by atoms with E-state index >= 15 is 0 Å². The van der Waals surface area contributed by atoms with Crippen LogP contribution in [0.15, 0.2) is 41.4 Å². The van der Waals surface area contributed by atoms with E-state index in [9.17, 15) is 26.4 Å². The third kappa shape index (κ3) is 5.27. The molecule has 2 saturated heterocycles. The van der Waals surface area contributed by atoms with Gasteiger partial charge in [-0.3, -0.25) is 4.79 Å². The number of carbonyl (C=O) groups excluding carboxylic acids is 1. The number of halogens is 3. The van der Waals surface area contributed by atoms with E-state index in [-0.39, 0.29) is 23.4 Å². The Morgan fingerprint density at radius 1 is 1.03 bits per heavy atom. The molecule has 178 valence electrons. The lowest BCUT2D eigenvalue weighted by molar-refractivity contribution is -0.141. The standard InChI is InChI=1S/C21H23F3N4O4S/c22-21(23,24)18-9-10-25-20(26-18)32-16-4-3-11-27(14-16)19(29)15-5-7-17(8-6-15)33(30,31)28-12-1-2-13-28/h5-10,16H,1-4,11-14H2. The highest BCUT2D eigenvalue weighted by Gasteiger charge is 2.34. The first-order valence-corrected chi connectivity index (χ1v) is 12.0. The van der Waals surface area contributed by atoms with Crippen LogP contribution < -0.4 is 4.74 Å². The van der Waals surface area contributed by atoms with Gasteiger partial charge in [-0.2, -0.15) is 22.5 Å². The van der Waals surface area contributed by atoms with E-state index in [0.29, 0.717) is 38.0 Å². The molecule has 2 fully saturated rings. The highest BCUT2D eigenvalue weighted by atomic mass is 32.2. The number of sulfonamides is 1. The molecule has 4 rings (SSSR count). The number of ether oxygens (including phenoxy) is 1. The van der Waals surface area contributed by atoms with Crippen LogP contribution in [0.25, 0.3) is 0 Å². The largest absolute Gasteiger partial charge is 0.458 e. The summed E-state index contributed by atoms with van der Waals surface area (Å²) in [7, 11) is -3.57. The lowest BCUT2D eigenvalue weighted by Gasteiger charge is -2.32. The van der Waals surface area contributed by atoms with Crippen LogP contribution in [-0.2, 0) is 16.2 Å². The Balaban J connectivity index is 1.41. The molecule has 12 heteroatoms. The molecule has 0 aliphatic carbocycles. The van der Waals surface area contributed by atoms with Crippen LogP contribution in [0.1, 0.15) is 41.7 Å². The van der Waals surface area contributed by atoms with Crippen molar-refractivity contribution < 1.29 is 31.1 Å². The van der Waals surface area contributed by atoms with Crippen LogP contribution in [-0.4, -0.2) is 65.8 Å². The Morgan fingerprint density at radius 3 is 2.39 bits per heavy atom. The predicted molar refractivity (Wildman–Crippen MR) is 111 cm³/mol. The number of alkyl halides is 3. The van der Waals surface area contributed by atoms with E-state index in [1.165, 1.54) is 33.5 Å². The average Bonchev–Trinajstić information content (AvgIpc) is 3.35. The van der Waals surface area contributed by atoms with Gasteiger partial charge >= 0.3 is 12.2 Å². The summed E-state index contributed by atoms with van der Waals surface area (Å²) in [5, 5.41) is 0. The first-order valence-electron chi connectivity index (χ1n) is 10.6. The first-order chi connectivity index (χ1) is 15.6. The van der Waals surface area contributed by atoms with Crippen molar-refractivity contribution in [2.24, 2.45) is 0 Å². The molecule has 0 bridgehead atoms. The van der Waals surface area contributed by atoms with Crippen LogP contribution in [0.2, 0.25) is 0 Å². The third-order valence-electron chi connectivity index (χ3n) is 5.67. The lowest BCUT2D eigenvalue weighted by Crippen LogP contribution is -2.44. The number of rotatable bonds is 5. The molecule has 0 N–H and O–H groups in total. The second-order valence-corrected chi connectivity index (χ2v) is 9.93. The van der Waals surface area contributed by atoms with Crippen molar-refractivity contribution in [2.75, 3.05) is 26.2 Å². The van der Waals surface area contributed by atoms with Gasteiger partial charge in [-0.25, -0.2) is 13.4 Å². The van der Waals surface area contributed by atoms with Gasteiger partial charge in [-0.15, -0.1) is 0 Å². The van der Waals surface area contributed by atoms with Crippen LogP contribution in [0, 0.1) is 0 Å². The van der Waals surface area contributed by atoms with Crippen molar-refractivity contribution in [1.29, 1.82) is 0 Å². The van der Waals surface area contributed by atoms with Crippen LogP contribution in [0.5, 0.6) is 6.01 Å². The molecule has 2 aromatic rings. The zero-order chi connectivity index (χ0) is 23.6. The maximum absolute atomic E-state index is 12.9. The summed E-state index contributed by atoms with van der Waals surface area (Å²) in [5.41, 5.74) is -0.772. The molecule has 33 heavy (non-hydrogen) atoms. The molecule has 2 aliphatic heterocycles. The Labute approximate surface area is 189 Å². The summed E-state index contributed by atoms with van der Waals surface area (Å²) in [6.07, 6.45) is -1.38. The molecule has 1 aromatic carbocycles. The predicted octanol–water partition coefficient (Wildman–Crippen LogP) is 2.96. The summed E-state index contributed by atoms with van der Waals surface area (Å²) in [5.74, 6) is -0.307. The number of aromatic nitrogens is 2. The van der Waals surface area contributed by atoms with Gasteiger partial charge in [0.15, 0.2) is 5.69 Å². The molecule has 2 aliphatic rings. The summed E-state index contributed by atoms with van der Waals surface area (Å²) in [6, 6.07) is 6.18. The first kappa shape index (κ1) is 23.4. The summed E-state index contributed by atoms with van der Waals surface area (Å²) in [4.78, 5) is 21.8. The number of amides is 1. The maximum Gasteiger partial charge on any atom is 0.433 e. The minimum atomic E-state index is -4.61. The van der Waals surface area contributed by atoms with Crippen LogP contribution in [0.3, 0.4) is 0 Å². The molecule has 1 atom stereocenters. The lowest BCUT2D eigenvalue weighted by atomic mass is 10.1. The number of piperidine rings is 1. The van der Waals surface area contributed by atoms with E-state index in [1.807, 2.05) is 0 Å². The summed E-state index contributed by atoms with van der Waals surface area (Å²) >= 11 is 0. The molecular formula is C21H23F3N4O4S. The molecule has 1 aromatic heterocycles. The second kappa shape index (κ2) is 9.26. The van der Waals surface area contributed by atoms with Crippen molar-refractivity contribution in [3.8, 4) is 6.01 Å². The Kier molecular flexibility index (Phi) is 6.57. The van der Waals surface area contributed by atoms with Gasteiger partial charge in [-0.05, 0) is 56.0 Å². The highest BCUT2D eigenvalue weighted by molar-refractivity contribution is 7.89. The van der Waals surface area contributed by atoms with E-state index in [4.69, 9.17) is 4.74 Å². The molecule has 3 heterocycles. The highest BCUT2D eigenvalue weighted by Crippen LogP contribution is 2.28. The minimum Gasteiger partial charge on any atom is -0.458 e. The number of hydrogen-bond acceptors (Lipinski definition) is 6. The molecular weight excluding hydrogens is 461 g/mol. The number of nitrogens with zero attached hydrogens (tertiary/aromatic N) is 4. The Hall–Kier alpha value is -2.73. The van der Waals surface area contributed by atoms with Gasteiger partial charge in [0.2, 0.25) is 10.0 Å². The topological polar surface area (TPSA) is 92.7 Å². The van der Waals surface area contributed by atoms with Crippen molar-refractivity contribution in [3.63, 3.8) is 0 Å². The van der Waals surface area contributed by atoms with Crippen LogP contribution >= 0.6 is 0 Å². The summed E-state index contributed by atoms with van der Waals surface area (Å²) < 4.78 is 70.8. The molecule has 1 unspecified atom stereocenters. The van der Waals surface area contributed by atoms with E-state index < -0.39 is 28.0 Å². The minimum absolute atomic E-state index is 0.141. The fourth-order valence-electron chi connectivity index (χ4n) is 3.95. The van der Waals surface area contributed by atoms with Crippen molar-refractivity contribution in [2.45, 2.75) is 42.9 Å². The number of hydrogen-bond donors (Lipinski definition) is 0. The SMILES string of the molecule is O=C(c1ccc(S(=O)(=O)N2CCCC2)cc1)N1CCCC(Oc2nccc(C(F)(F)F)n2)C1. The van der Waals surface area contributed by atoms with Crippen LogP contribution in [0.4, 0.5) is 13.2 Å². The van der Waals surface area contributed by atoms with Crippen molar-refractivity contribution in [3.05, 3.63) is 47.8 Å². The van der Waals surface area contributed by atoms with Gasteiger partial charge in [0.1, 0.15) is 6.10 Å². The molecule has 0 spiro atoms. The quantitative estimate of drug-likeness (QED) is 0.648. The third-order valence-corrected chi connectivity index (χ3v) is 7.58. The maximum atomic E-state index is 12.9. The molecule has 1 amide bonds. The Morgan fingerprint density at radius 2 is 1.73 bits per heavy atom. The average molecular weight is 485 g/mol. The number of benzene rings is 1. The van der Waals surface area contributed by atoms with E-state index in [2.05, 4.69) is 9.97 Å². The van der Waals surface area contributed by atoms with Gasteiger partial charge in [-0.1, -0.05) is 0 Å². The van der Waals surface area contributed by atoms with E-state index in [0.717, 1.165) is 25.1 Å². The van der Waals surface area contributed by atoms with Gasteiger partial charge in [0, 0.05) is 31.4 Å². The normalized spacial score (nSPS) is 20.1. The number of carbonyl (C=O) groups is 1. The van der Waals surface area contributed by atoms with Crippen molar-refractivity contribution >= 4 is 15.9 Å². The van der Waals surface area contributed by atoms with Crippen molar-refractivity contribution in [1.82, 2.24) is 19.2 Å². The number of likely N-dealkylation sites (tertiary alicyclic amines) is 1. The summed E-state index contributed by atoms with van der Waals surface area (Å²) in [6.45, 7) is 1.60. The second-order valence-electron chi connectivity index (χ2n) is 7.99. The fraction of sp³-hybridized carbons (Fsp3) is 0.476. The molecule has 8 nitrogen and oxygen atoms in total. The molecule has 0 radical (unpaired) electrons. The fourth-order valence-corrected chi connectivity index (χ4v) is 5.47.